The molecule has 2 aromatic carbocycles. The molecule has 6 nitrogen and oxygen atoms in total. The van der Waals surface area contributed by atoms with E-state index in [1.807, 2.05) is 26.0 Å². The van der Waals surface area contributed by atoms with Gasteiger partial charge in [0.2, 0.25) is 15.9 Å². The Hall–Kier alpha value is -1.97. The molecule has 1 aliphatic heterocycles. The van der Waals surface area contributed by atoms with Gasteiger partial charge in [-0.15, -0.1) is 0 Å². The molecule has 1 N–H and O–H groups in total. The standard InChI is InChI=1S/C21H24BrFN2O4S/c1-13-9-16(22)10-14(2)20(13)24-21(26)15-5-4-8-25(12-15)30(27,28)19-11-17(23)6-7-18(19)29-3/h6-7,9-11,15H,4-5,8,12H2,1-3H3,(H,24,26)/t15-/m0/s1. The molecule has 162 valence electrons. The van der Waals surface area contributed by atoms with Crippen LogP contribution in [0, 0.1) is 25.6 Å². The monoisotopic (exact) mass is 498 g/mol. The van der Waals surface area contributed by atoms with Crippen LogP contribution >= 0.6 is 15.9 Å². The fraction of sp³-hybridized carbons (Fsp3) is 0.381. The number of methoxy groups -OCH3 is 1. The number of nitrogens with one attached hydrogen (secondary N) is 1. The van der Waals surface area contributed by atoms with Gasteiger partial charge in [0.05, 0.1) is 13.0 Å². The predicted octanol–water partition coefficient (Wildman–Crippen LogP) is 4.25. The number of hydrogen-bond donors (Lipinski definition) is 1. The summed E-state index contributed by atoms with van der Waals surface area (Å²) in [7, 11) is -2.67. The number of piperidine rings is 1. The van der Waals surface area contributed by atoms with Crippen LogP contribution in [0.2, 0.25) is 0 Å². The molecule has 0 unspecified atom stereocenters. The van der Waals surface area contributed by atoms with Crippen molar-refractivity contribution in [2.24, 2.45) is 5.92 Å². The summed E-state index contributed by atoms with van der Waals surface area (Å²) in [4.78, 5) is 12.7. The molecule has 1 saturated heterocycles. The molecule has 0 aliphatic carbocycles. The minimum Gasteiger partial charge on any atom is -0.495 e. The molecular formula is C21H24BrFN2O4S. The first kappa shape index (κ1) is 22.7. The van der Waals surface area contributed by atoms with Crippen LogP contribution in [0.3, 0.4) is 0 Å². The molecule has 0 spiro atoms. The topological polar surface area (TPSA) is 75.7 Å². The molecule has 9 heteroatoms. The van der Waals surface area contributed by atoms with E-state index < -0.39 is 21.8 Å². The molecule has 1 amide bonds. The number of halogens is 2. The summed E-state index contributed by atoms with van der Waals surface area (Å²) in [5.41, 5.74) is 2.56. The van der Waals surface area contributed by atoms with E-state index in [4.69, 9.17) is 4.74 Å². The van der Waals surface area contributed by atoms with Crippen molar-refractivity contribution in [3.05, 3.63) is 51.7 Å². The Labute approximate surface area is 184 Å². The van der Waals surface area contributed by atoms with Crippen LogP contribution in [-0.2, 0) is 14.8 Å². The molecule has 0 bridgehead atoms. The summed E-state index contributed by atoms with van der Waals surface area (Å²) < 4.78 is 47.3. The number of aryl methyl sites for hydroxylation is 2. The van der Waals surface area contributed by atoms with E-state index in [-0.39, 0.29) is 29.6 Å². The Morgan fingerprint density at radius 2 is 1.90 bits per heavy atom. The summed E-state index contributed by atoms with van der Waals surface area (Å²) in [6.07, 6.45) is 1.11. The SMILES string of the molecule is COc1ccc(F)cc1S(=O)(=O)N1CCC[C@H](C(=O)Nc2c(C)cc(Br)cc2C)C1. The zero-order valence-electron chi connectivity index (χ0n) is 17.0. The van der Waals surface area contributed by atoms with Gasteiger partial charge < -0.3 is 10.1 Å². The van der Waals surface area contributed by atoms with Crippen LogP contribution in [0.1, 0.15) is 24.0 Å². The lowest BCUT2D eigenvalue weighted by Gasteiger charge is -2.31. The highest BCUT2D eigenvalue weighted by Gasteiger charge is 2.35. The number of ether oxygens (including phenoxy) is 1. The number of anilines is 1. The van der Waals surface area contributed by atoms with Gasteiger partial charge in [-0.3, -0.25) is 4.79 Å². The summed E-state index contributed by atoms with van der Waals surface area (Å²) >= 11 is 3.44. The van der Waals surface area contributed by atoms with E-state index in [2.05, 4.69) is 21.2 Å². The summed E-state index contributed by atoms with van der Waals surface area (Å²) in [6, 6.07) is 7.21. The zero-order valence-corrected chi connectivity index (χ0v) is 19.4. The molecule has 1 atom stereocenters. The summed E-state index contributed by atoms with van der Waals surface area (Å²) in [5, 5.41) is 2.95. The minimum atomic E-state index is -4.01. The highest BCUT2D eigenvalue weighted by molar-refractivity contribution is 9.10. The zero-order chi connectivity index (χ0) is 22.1. The minimum absolute atomic E-state index is 0.0302. The molecule has 1 fully saturated rings. The first-order valence-corrected chi connectivity index (χ1v) is 11.8. The highest BCUT2D eigenvalue weighted by Crippen LogP contribution is 2.31. The largest absolute Gasteiger partial charge is 0.495 e. The van der Waals surface area contributed by atoms with Crippen molar-refractivity contribution in [3.8, 4) is 5.75 Å². The number of nitrogens with zero attached hydrogens (tertiary/aromatic N) is 1. The quantitative estimate of drug-likeness (QED) is 0.668. The van der Waals surface area contributed by atoms with Gasteiger partial charge in [0.1, 0.15) is 16.5 Å². The first-order chi connectivity index (χ1) is 14.1. The number of amides is 1. The Bertz CT molecular complexity index is 1050. The maximum absolute atomic E-state index is 13.7. The fourth-order valence-corrected chi connectivity index (χ4v) is 6.08. The third-order valence-corrected chi connectivity index (χ3v) is 7.59. The maximum Gasteiger partial charge on any atom is 0.246 e. The van der Waals surface area contributed by atoms with E-state index in [0.29, 0.717) is 12.8 Å². The number of rotatable bonds is 5. The summed E-state index contributed by atoms with van der Waals surface area (Å²) in [6.45, 7) is 4.10. The first-order valence-electron chi connectivity index (χ1n) is 9.54. The average molecular weight is 499 g/mol. The van der Waals surface area contributed by atoms with Gasteiger partial charge >= 0.3 is 0 Å². The van der Waals surface area contributed by atoms with E-state index in [1.54, 1.807) is 0 Å². The van der Waals surface area contributed by atoms with Crippen molar-refractivity contribution in [1.29, 1.82) is 0 Å². The molecule has 0 radical (unpaired) electrons. The van der Waals surface area contributed by atoms with E-state index >= 15 is 0 Å². The second-order valence-corrected chi connectivity index (χ2v) is 10.2. The molecule has 2 aromatic rings. The smallest absolute Gasteiger partial charge is 0.246 e. The number of hydrogen-bond acceptors (Lipinski definition) is 4. The van der Waals surface area contributed by atoms with Gasteiger partial charge in [-0.05, 0) is 68.1 Å². The summed E-state index contributed by atoms with van der Waals surface area (Å²) in [5.74, 6) is -1.32. The van der Waals surface area contributed by atoms with Crippen molar-refractivity contribution < 1.29 is 22.3 Å². The lowest BCUT2D eigenvalue weighted by atomic mass is 9.98. The van der Waals surface area contributed by atoms with Crippen molar-refractivity contribution in [2.75, 3.05) is 25.5 Å². The van der Waals surface area contributed by atoms with Crippen molar-refractivity contribution in [1.82, 2.24) is 4.31 Å². The number of benzene rings is 2. The molecule has 30 heavy (non-hydrogen) atoms. The second kappa shape index (κ2) is 9.03. The van der Waals surface area contributed by atoms with Gasteiger partial charge in [-0.25, -0.2) is 12.8 Å². The molecule has 0 saturated carbocycles. The molecule has 3 rings (SSSR count). The van der Waals surface area contributed by atoms with Gasteiger partial charge in [0.25, 0.3) is 0 Å². The molecule has 0 aromatic heterocycles. The van der Waals surface area contributed by atoms with Gasteiger partial charge in [-0.2, -0.15) is 4.31 Å². The normalized spacial score (nSPS) is 17.6. The van der Waals surface area contributed by atoms with Gasteiger partial charge in [-0.1, -0.05) is 15.9 Å². The van der Waals surface area contributed by atoms with E-state index in [1.165, 1.54) is 17.5 Å². The number of carbonyl (C=O) groups excluding carboxylic acids is 1. The lowest BCUT2D eigenvalue weighted by Crippen LogP contribution is -2.43. The Morgan fingerprint density at radius 1 is 1.23 bits per heavy atom. The molecular weight excluding hydrogens is 475 g/mol. The molecule has 1 aliphatic rings. The third-order valence-electron chi connectivity index (χ3n) is 5.24. The van der Waals surface area contributed by atoms with Crippen LogP contribution in [-0.4, -0.2) is 38.8 Å². The van der Waals surface area contributed by atoms with Crippen LogP contribution in [0.5, 0.6) is 5.75 Å². The van der Waals surface area contributed by atoms with Crippen molar-refractivity contribution in [2.45, 2.75) is 31.6 Å². The van der Waals surface area contributed by atoms with Crippen molar-refractivity contribution >= 4 is 37.5 Å². The van der Waals surface area contributed by atoms with Crippen molar-refractivity contribution in [3.63, 3.8) is 0 Å². The van der Waals surface area contributed by atoms with Crippen LogP contribution < -0.4 is 10.1 Å². The fourth-order valence-electron chi connectivity index (χ4n) is 3.70. The Kier molecular flexibility index (Phi) is 6.84. The van der Waals surface area contributed by atoms with Crippen LogP contribution in [0.15, 0.2) is 39.7 Å². The Morgan fingerprint density at radius 3 is 2.53 bits per heavy atom. The Balaban J connectivity index is 1.82. The van der Waals surface area contributed by atoms with Gasteiger partial charge in [0.15, 0.2) is 0 Å². The number of sulfonamides is 1. The highest BCUT2D eigenvalue weighted by atomic mass is 79.9. The number of carbonyl (C=O) groups is 1. The average Bonchev–Trinajstić information content (AvgIpc) is 2.70. The van der Waals surface area contributed by atoms with Crippen LogP contribution in [0.4, 0.5) is 10.1 Å². The van der Waals surface area contributed by atoms with E-state index in [0.717, 1.165) is 33.4 Å². The van der Waals surface area contributed by atoms with E-state index in [9.17, 15) is 17.6 Å². The predicted molar refractivity (Wildman–Crippen MR) is 117 cm³/mol. The second-order valence-electron chi connectivity index (χ2n) is 7.40. The lowest BCUT2D eigenvalue weighted by molar-refractivity contribution is -0.120. The van der Waals surface area contributed by atoms with Gasteiger partial charge in [0, 0.05) is 23.2 Å². The maximum atomic E-state index is 13.7. The third kappa shape index (κ3) is 4.68. The molecule has 1 heterocycles. The van der Waals surface area contributed by atoms with Crippen LogP contribution in [0.25, 0.3) is 0 Å².